The van der Waals surface area contributed by atoms with Gasteiger partial charge in [0.15, 0.2) is 9.84 Å². The normalized spacial score (nSPS) is 21.7. The van der Waals surface area contributed by atoms with Gasteiger partial charge in [0.05, 0.1) is 26.7 Å². The van der Waals surface area contributed by atoms with Crippen LogP contribution in [0.25, 0.3) is 0 Å². The lowest BCUT2D eigenvalue weighted by Gasteiger charge is -2.11. The van der Waals surface area contributed by atoms with Crippen molar-refractivity contribution >= 4 is 43.1 Å². The lowest BCUT2D eigenvalue weighted by molar-refractivity contribution is 0.575. The Morgan fingerprint density at radius 1 is 1.21 bits per heavy atom. The summed E-state index contributed by atoms with van der Waals surface area (Å²) in [5.41, 5.74) is 0. The summed E-state index contributed by atoms with van der Waals surface area (Å²) in [5, 5.41) is 1.35. The average molecular weight is 342 g/mol. The van der Waals surface area contributed by atoms with Crippen LogP contribution in [-0.2, 0) is 19.9 Å². The predicted molar refractivity (Wildman–Crippen MR) is 73.5 cm³/mol. The second-order valence-electron chi connectivity index (χ2n) is 3.96. The van der Waals surface area contributed by atoms with Gasteiger partial charge in [-0.25, -0.2) is 21.6 Å². The third-order valence-corrected chi connectivity index (χ3v) is 6.06. The van der Waals surface area contributed by atoms with Crippen LogP contribution in [-0.4, -0.2) is 28.6 Å². The van der Waals surface area contributed by atoms with Gasteiger partial charge in [-0.2, -0.15) is 0 Å². The minimum absolute atomic E-state index is 0.0698. The summed E-state index contributed by atoms with van der Waals surface area (Å²) in [4.78, 5) is -0.0698. The summed E-state index contributed by atoms with van der Waals surface area (Å²) in [6.45, 7) is 0. The molecule has 0 saturated carbocycles. The fraction of sp³-hybridized carbons (Fsp3) is 0.200. The molecule has 1 atom stereocenters. The maximum atomic E-state index is 12.0. The van der Waals surface area contributed by atoms with E-state index in [0.717, 1.165) is 5.41 Å². The number of rotatable bonds is 3. The second kappa shape index (κ2) is 5.06. The summed E-state index contributed by atoms with van der Waals surface area (Å²) in [5.74, 6) is -0.284. The first-order valence-electron chi connectivity index (χ1n) is 5.08. The van der Waals surface area contributed by atoms with E-state index in [-0.39, 0.29) is 20.7 Å². The molecule has 2 rings (SSSR count). The highest BCUT2D eigenvalue weighted by molar-refractivity contribution is 7.94. The van der Waals surface area contributed by atoms with Crippen molar-refractivity contribution in [2.75, 3.05) is 5.75 Å². The SMILES string of the molecule is O=S1(=O)C=C[C@H](NS(=O)(=O)c2ccc(Cl)c(Cl)c2)C1. The first-order valence-corrected chi connectivity index (χ1v) is 9.03. The molecule has 0 aromatic heterocycles. The Morgan fingerprint density at radius 3 is 2.42 bits per heavy atom. The van der Waals surface area contributed by atoms with Gasteiger partial charge < -0.3 is 0 Å². The summed E-state index contributed by atoms with van der Waals surface area (Å²) in [6, 6.07) is 3.09. The number of halogens is 2. The number of hydrogen-bond donors (Lipinski definition) is 1. The zero-order chi connectivity index (χ0) is 14.3. The van der Waals surface area contributed by atoms with Gasteiger partial charge in [0.1, 0.15) is 0 Å². The molecule has 0 radical (unpaired) electrons. The predicted octanol–water partition coefficient (Wildman–Crippen LogP) is 1.58. The minimum atomic E-state index is -3.84. The first-order chi connectivity index (χ1) is 8.70. The maximum absolute atomic E-state index is 12.0. The summed E-state index contributed by atoms with van der Waals surface area (Å²) in [7, 11) is -7.16. The highest BCUT2D eigenvalue weighted by Gasteiger charge is 2.26. The standard InChI is InChI=1S/C10H9Cl2NO4S2/c11-9-2-1-8(5-10(9)12)19(16,17)13-7-3-4-18(14,15)6-7/h1-5,7,13H,6H2/t7-/m0/s1. The molecular weight excluding hydrogens is 333 g/mol. The monoisotopic (exact) mass is 341 g/mol. The Kier molecular flexibility index (Phi) is 3.95. The Balaban J connectivity index is 2.24. The molecule has 0 aliphatic carbocycles. The van der Waals surface area contributed by atoms with Crippen molar-refractivity contribution in [1.29, 1.82) is 0 Å². The first kappa shape index (κ1) is 14.8. The van der Waals surface area contributed by atoms with E-state index in [9.17, 15) is 16.8 Å². The van der Waals surface area contributed by atoms with Gasteiger partial charge >= 0.3 is 0 Å². The smallest absolute Gasteiger partial charge is 0.224 e. The molecule has 0 fully saturated rings. The third-order valence-electron chi connectivity index (χ3n) is 2.44. The maximum Gasteiger partial charge on any atom is 0.241 e. The molecule has 1 N–H and O–H groups in total. The minimum Gasteiger partial charge on any atom is -0.224 e. The largest absolute Gasteiger partial charge is 0.241 e. The molecule has 5 nitrogen and oxygen atoms in total. The van der Waals surface area contributed by atoms with E-state index in [1.165, 1.54) is 24.3 Å². The van der Waals surface area contributed by atoms with E-state index in [4.69, 9.17) is 23.2 Å². The Morgan fingerprint density at radius 2 is 1.89 bits per heavy atom. The van der Waals surface area contributed by atoms with Gasteiger partial charge in [-0.15, -0.1) is 0 Å². The summed E-state index contributed by atoms with van der Waals surface area (Å²) in [6.07, 6.45) is 1.30. The number of hydrogen-bond acceptors (Lipinski definition) is 4. The second-order valence-corrected chi connectivity index (χ2v) is 8.42. The fourth-order valence-electron chi connectivity index (χ4n) is 1.56. The molecule has 1 aromatic rings. The number of sulfonamides is 1. The van der Waals surface area contributed by atoms with Gasteiger partial charge in [-0.3, -0.25) is 0 Å². The third kappa shape index (κ3) is 3.49. The zero-order valence-corrected chi connectivity index (χ0v) is 12.5. The van der Waals surface area contributed by atoms with Crippen molar-refractivity contribution in [3.8, 4) is 0 Å². The van der Waals surface area contributed by atoms with Crippen molar-refractivity contribution in [3.63, 3.8) is 0 Å². The van der Waals surface area contributed by atoms with Crippen LogP contribution in [0.4, 0.5) is 0 Å². The van der Waals surface area contributed by atoms with Crippen LogP contribution in [0.3, 0.4) is 0 Å². The number of benzene rings is 1. The van der Waals surface area contributed by atoms with E-state index in [2.05, 4.69) is 4.72 Å². The van der Waals surface area contributed by atoms with Crippen molar-refractivity contribution < 1.29 is 16.8 Å². The molecule has 0 amide bonds. The van der Waals surface area contributed by atoms with E-state index in [1.807, 2.05) is 0 Å². The molecule has 1 aliphatic rings. The molecule has 1 aromatic carbocycles. The molecule has 0 bridgehead atoms. The zero-order valence-electron chi connectivity index (χ0n) is 9.38. The van der Waals surface area contributed by atoms with Gasteiger partial charge in [0.2, 0.25) is 10.0 Å². The fourth-order valence-corrected chi connectivity index (χ4v) is 4.48. The molecule has 9 heteroatoms. The topological polar surface area (TPSA) is 80.3 Å². The van der Waals surface area contributed by atoms with Crippen LogP contribution in [0, 0.1) is 0 Å². The molecule has 0 unspecified atom stereocenters. The van der Waals surface area contributed by atoms with Crippen LogP contribution >= 0.6 is 23.2 Å². The van der Waals surface area contributed by atoms with Crippen LogP contribution in [0.2, 0.25) is 10.0 Å². The van der Waals surface area contributed by atoms with Crippen LogP contribution in [0.1, 0.15) is 0 Å². The molecular formula is C10H9Cl2NO4S2. The molecule has 1 aliphatic heterocycles. The quantitative estimate of drug-likeness (QED) is 0.904. The Labute approximate surface area is 121 Å². The van der Waals surface area contributed by atoms with Gasteiger partial charge in [-0.1, -0.05) is 29.3 Å². The van der Waals surface area contributed by atoms with Gasteiger partial charge in [-0.05, 0) is 18.2 Å². The lowest BCUT2D eigenvalue weighted by atomic mass is 10.4. The van der Waals surface area contributed by atoms with Gasteiger partial charge in [0.25, 0.3) is 0 Å². The van der Waals surface area contributed by atoms with Crippen molar-refractivity contribution in [2.24, 2.45) is 0 Å². The highest BCUT2D eigenvalue weighted by atomic mass is 35.5. The molecule has 1 heterocycles. The number of nitrogens with one attached hydrogen (secondary N) is 1. The average Bonchev–Trinajstić information content (AvgIpc) is 2.61. The van der Waals surface area contributed by atoms with E-state index in [0.29, 0.717) is 0 Å². The van der Waals surface area contributed by atoms with Crippen LogP contribution in [0.5, 0.6) is 0 Å². The highest BCUT2D eigenvalue weighted by Crippen LogP contribution is 2.25. The molecule has 0 spiro atoms. The molecule has 19 heavy (non-hydrogen) atoms. The Hall–Kier alpha value is -0.600. The molecule has 0 saturated heterocycles. The van der Waals surface area contributed by atoms with Crippen molar-refractivity contribution in [1.82, 2.24) is 4.72 Å². The van der Waals surface area contributed by atoms with E-state index < -0.39 is 25.9 Å². The Bertz CT molecular complexity index is 741. The lowest BCUT2D eigenvalue weighted by Crippen LogP contribution is -2.35. The van der Waals surface area contributed by atoms with Crippen molar-refractivity contribution in [2.45, 2.75) is 10.9 Å². The van der Waals surface area contributed by atoms with Gasteiger partial charge in [0, 0.05) is 5.41 Å². The van der Waals surface area contributed by atoms with E-state index in [1.54, 1.807) is 0 Å². The summed E-state index contributed by atoms with van der Waals surface area (Å²) < 4.78 is 48.7. The summed E-state index contributed by atoms with van der Waals surface area (Å²) >= 11 is 11.4. The van der Waals surface area contributed by atoms with Crippen LogP contribution in [0.15, 0.2) is 34.6 Å². The number of sulfone groups is 1. The molecule has 104 valence electrons. The van der Waals surface area contributed by atoms with Crippen LogP contribution < -0.4 is 4.72 Å². The van der Waals surface area contributed by atoms with E-state index >= 15 is 0 Å². The van der Waals surface area contributed by atoms with Crippen molar-refractivity contribution in [3.05, 3.63) is 39.7 Å².